The van der Waals surface area contributed by atoms with Gasteiger partial charge in [0, 0.05) is 18.8 Å². The van der Waals surface area contributed by atoms with E-state index in [9.17, 15) is 26.8 Å². The molecule has 0 bridgehead atoms. The summed E-state index contributed by atoms with van der Waals surface area (Å²) in [4.78, 5) is 24.7. The second-order valence-electron chi connectivity index (χ2n) is 8.71. The third-order valence-corrected chi connectivity index (χ3v) is 5.89. The Morgan fingerprint density at radius 2 is 1.50 bits per heavy atom. The predicted molar refractivity (Wildman–Crippen MR) is 123 cm³/mol. The summed E-state index contributed by atoms with van der Waals surface area (Å²) in [5, 5.41) is 0. The van der Waals surface area contributed by atoms with Gasteiger partial charge in [-0.2, -0.15) is 0 Å². The van der Waals surface area contributed by atoms with Crippen molar-refractivity contribution in [3.63, 3.8) is 0 Å². The van der Waals surface area contributed by atoms with E-state index in [0.29, 0.717) is 16.6 Å². The topological polar surface area (TPSA) is 86.7 Å². The number of hydrogen-bond acceptors (Lipinski definition) is 6. The highest BCUT2D eigenvalue weighted by atomic mass is 32.2. The molecule has 10 heteroatoms. The van der Waals surface area contributed by atoms with E-state index in [0.717, 1.165) is 18.4 Å². The number of sulfone groups is 1. The normalized spacial score (nSPS) is 12.7. The van der Waals surface area contributed by atoms with Gasteiger partial charge in [0.1, 0.15) is 19.8 Å². The van der Waals surface area contributed by atoms with Crippen LogP contribution in [-0.2, 0) is 28.9 Å². The molecule has 0 saturated carbocycles. The van der Waals surface area contributed by atoms with Gasteiger partial charge in [-0.05, 0) is 35.4 Å². The third-order valence-electron chi connectivity index (χ3n) is 4.76. The van der Waals surface area contributed by atoms with Gasteiger partial charge in [-0.15, -0.1) is 0 Å². The lowest BCUT2D eigenvalue weighted by Crippen LogP contribution is -2.38. The van der Waals surface area contributed by atoms with Crippen molar-refractivity contribution < 1.29 is 40.7 Å². The Bertz CT molecular complexity index is 1200. The van der Waals surface area contributed by atoms with Crippen LogP contribution in [0.5, 0.6) is 0 Å². The minimum Gasteiger partial charge on any atom is -0.461 e. The van der Waals surface area contributed by atoms with Crippen LogP contribution in [-0.4, -0.2) is 72.0 Å². The fraction of sp³-hybridized carbons (Fsp3) is 0.333. The minimum absolute atomic E-state index is 0.0171. The number of likely N-dealkylation sites (N-methyl/N-ethyl adjacent to an activating group) is 1. The molecule has 0 radical (unpaired) electrons. The molecule has 0 fully saturated rings. The summed E-state index contributed by atoms with van der Waals surface area (Å²) in [5.41, 5.74) is 0.380. The highest BCUT2D eigenvalue weighted by Gasteiger charge is 2.24. The van der Waals surface area contributed by atoms with Gasteiger partial charge in [0.05, 0.1) is 31.6 Å². The van der Waals surface area contributed by atoms with Crippen LogP contribution in [0.15, 0.2) is 47.4 Å². The first-order chi connectivity index (χ1) is 15.7. The van der Waals surface area contributed by atoms with Gasteiger partial charge in [-0.25, -0.2) is 22.0 Å². The molecule has 0 aromatic heterocycles. The first-order valence-electron chi connectivity index (χ1n) is 10.3. The summed E-state index contributed by atoms with van der Waals surface area (Å²) < 4.78 is 62.4. The molecule has 0 aliphatic heterocycles. The summed E-state index contributed by atoms with van der Waals surface area (Å²) in [6.07, 6.45) is 1.05. The molecule has 0 heterocycles. The van der Waals surface area contributed by atoms with Gasteiger partial charge < -0.3 is 14.0 Å². The van der Waals surface area contributed by atoms with Crippen molar-refractivity contribution in [2.45, 2.75) is 11.8 Å². The Hall–Kier alpha value is -3.11. The van der Waals surface area contributed by atoms with Crippen LogP contribution in [0.4, 0.5) is 8.78 Å². The second kappa shape index (κ2) is 10.9. The zero-order valence-corrected chi connectivity index (χ0v) is 20.5. The summed E-state index contributed by atoms with van der Waals surface area (Å²) in [7, 11) is 2.25. The van der Waals surface area contributed by atoms with Crippen LogP contribution in [0, 0.1) is 11.6 Å². The molecular weight excluding hydrogens is 468 g/mol. The standard InChI is InChI=1S/C24H28F2NO6S/c1-16(28)33-15-20(17-6-9-19(10-7-17)34(5,30)31)23(18-8-11-21(25)22(26)14-18)24(29)32-13-12-27(2,3)4/h6-11,14H,12-13,15H2,1-5H3/q+1. The van der Waals surface area contributed by atoms with Crippen molar-refractivity contribution in [3.8, 4) is 0 Å². The molecule has 2 aromatic carbocycles. The van der Waals surface area contributed by atoms with E-state index in [1.165, 1.54) is 37.3 Å². The maximum absolute atomic E-state index is 14.1. The van der Waals surface area contributed by atoms with Crippen molar-refractivity contribution in [1.29, 1.82) is 0 Å². The van der Waals surface area contributed by atoms with Crippen molar-refractivity contribution >= 4 is 32.9 Å². The van der Waals surface area contributed by atoms with Gasteiger partial charge in [0.15, 0.2) is 21.5 Å². The third kappa shape index (κ3) is 7.74. The first-order valence-corrected chi connectivity index (χ1v) is 12.2. The van der Waals surface area contributed by atoms with E-state index in [2.05, 4.69) is 0 Å². The number of benzene rings is 2. The second-order valence-corrected chi connectivity index (χ2v) is 10.7. The van der Waals surface area contributed by atoms with Crippen LogP contribution in [0.25, 0.3) is 11.1 Å². The number of rotatable bonds is 9. The molecule has 0 aliphatic rings. The molecule has 0 saturated heterocycles. The molecule has 34 heavy (non-hydrogen) atoms. The summed E-state index contributed by atoms with van der Waals surface area (Å²) in [5.74, 6) is -3.73. The number of halogens is 2. The molecular formula is C24H28F2NO6S+. The molecule has 2 aromatic rings. The molecule has 0 atom stereocenters. The van der Waals surface area contributed by atoms with Gasteiger partial charge >= 0.3 is 11.9 Å². The minimum atomic E-state index is -3.48. The molecule has 7 nitrogen and oxygen atoms in total. The molecule has 184 valence electrons. The Kier molecular flexibility index (Phi) is 8.68. The van der Waals surface area contributed by atoms with E-state index in [1.54, 1.807) is 0 Å². The molecule has 0 spiro atoms. The van der Waals surface area contributed by atoms with Crippen LogP contribution in [0.3, 0.4) is 0 Å². The smallest absolute Gasteiger partial charge is 0.339 e. The van der Waals surface area contributed by atoms with Gasteiger partial charge in [-0.1, -0.05) is 18.2 Å². The first kappa shape index (κ1) is 27.1. The van der Waals surface area contributed by atoms with Crippen molar-refractivity contribution in [2.75, 3.05) is 47.2 Å². The zero-order valence-electron chi connectivity index (χ0n) is 19.7. The van der Waals surface area contributed by atoms with Crippen LogP contribution in [0.1, 0.15) is 18.1 Å². The number of esters is 2. The fourth-order valence-corrected chi connectivity index (χ4v) is 3.56. The lowest BCUT2D eigenvalue weighted by molar-refractivity contribution is -0.870. The Morgan fingerprint density at radius 1 is 0.912 bits per heavy atom. The number of carbonyl (C=O) groups excluding carboxylic acids is 2. The summed E-state index contributed by atoms with van der Waals surface area (Å²) in [6.45, 7) is 1.33. The average Bonchev–Trinajstić information content (AvgIpc) is 2.71. The number of quaternary nitrogens is 1. The maximum Gasteiger partial charge on any atom is 0.339 e. The highest BCUT2D eigenvalue weighted by molar-refractivity contribution is 7.90. The lowest BCUT2D eigenvalue weighted by Gasteiger charge is -2.23. The van der Waals surface area contributed by atoms with Crippen LogP contribution < -0.4 is 0 Å². The summed E-state index contributed by atoms with van der Waals surface area (Å²) in [6, 6.07) is 8.49. The van der Waals surface area contributed by atoms with Crippen LogP contribution >= 0.6 is 0 Å². The van der Waals surface area contributed by atoms with Gasteiger partial charge in [-0.3, -0.25) is 4.79 Å². The van der Waals surface area contributed by atoms with Crippen LogP contribution in [0.2, 0.25) is 0 Å². The van der Waals surface area contributed by atoms with Crippen molar-refractivity contribution in [1.82, 2.24) is 0 Å². The van der Waals surface area contributed by atoms with Gasteiger partial charge in [0.2, 0.25) is 0 Å². The average molecular weight is 497 g/mol. The van der Waals surface area contributed by atoms with E-state index in [1.807, 2.05) is 21.1 Å². The summed E-state index contributed by atoms with van der Waals surface area (Å²) >= 11 is 0. The van der Waals surface area contributed by atoms with E-state index in [-0.39, 0.29) is 34.8 Å². The van der Waals surface area contributed by atoms with E-state index >= 15 is 0 Å². The number of ether oxygens (including phenoxy) is 2. The highest BCUT2D eigenvalue weighted by Crippen LogP contribution is 2.30. The number of carbonyl (C=O) groups is 2. The van der Waals surface area contributed by atoms with E-state index in [4.69, 9.17) is 9.47 Å². The molecule has 2 rings (SSSR count). The van der Waals surface area contributed by atoms with Crippen molar-refractivity contribution in [2.24, 2.45) is 0 Å². The molecule has 0 N–H and O–H groups in total. The van der Waals surface area contributed by atoms with Crippen molar-refractivity contribution in [3.05, 3.63) is 65.2 Å². The molecule has 0 aliphatic carbocycles. The quantitative estimate of drug-likeness (QED) is 0.230. The zero-order chi connectivity index (χ0) is 25.7. The Balaban J connectivity index is 2.68. The predicted octanol–water partition coefficient (Wildman–Crippen LogP) is 3.09. The fourth-order valence-electron chi connectivity index (χ4n) is 2.93. The number of hydrogen-bond donors (Lipinski definition) is 0. The molecule has 0 unspecified atom stereocenters. The van der Waals surface area contributed by atoms with Gasteiger partial charge in [0.25, 0.3) is 0 Å². The Morgan fingerprint density at radius 3 is 2.00 bits per heavy atom. The van der Waals surface area contributed by atoms with E-state index < -0.39 is 33.4 Å². The largest absolute Gasteiger partial charge is 0.461 e. The monoisotopic (exact) mass is 496 g/mol. The Labute approximate surface area is 198 Å². The lowest BCUT2D eigenvalue weighted by atomic mass is 9.94. The number of nitrogens with zero attached hydrogens (tertiary/aromatic N) is 1. The SMILES string of the molecule is CC(=O)OCC(=C(C(=O)OCC[N+](C)(C)C)c1ccc(F)c(F)c1)c1ccc(S(C)(=O)=O)cc1. The maximum atomic E-state index is 14.1. The molecule has 0 amide bonds.